The van der Waals surface area contributed by atoms with E-state index in [1.54, 1.807) is 7.11 Å². The number of hydrogen-bond donors (Lipinski definition) is 0. The molecule has 1 heterocycles. The number of halogens is 1. The van der Waals surface area contributed by atoms with E-state index in [1.807, 2.05) is 42.6 Å². The highest BCUT2D eigenvalue weighted by molar-refractivity contribution is 9.09. The van der Waals surface area contributed by atoms with Crippen molar-refractivity contribution in [2.24, 2.45) is 0 Å². The molecule has 2 nitrogen and oxygen atoms in total. The average Bonchev–Trinajstić information content (AvgIpc) is 2.40. The third-order valence-electron chi connectivity index (χ3n) is 2.57. The number of pyridine rings is 1. The molecule has 88 valence electrons. The molecule has 2 aromatic rings. The third kappa shape index (κ3) is 3.30. The topological polar surface area (TPSA) is 22.1 Å². The highest BCUT2D eigenvalue weighted by atomic mass is 79.9. The summed E-state index contributed by atoms with van der Waals surface area (Å²) in [6.07, 6.45) is 2.69. The molecule has 1 aromatic carbocycles. The molecule has 0 amide bonds. The average molecular weight is 292 g/mol. The maximum Gasteiger partial charge on any atom is 0.119 e. The molecule has 3 heteroatoms. The first-order valence-corrected chi connectivity index (χ1v) is 6.39. The number of nitrogens with zero attached hydrogens (tertiary/aromatic N) is 1. The van der Waals surface area contributed by atoms with Gasteiger partial charge in [0, 0.05) is 23.1 Å². The summed E-state index contributed by atoms with van der Waals surface area (Å²) in [7, 11) is 1.68. The van der Waals surface area contributed by atoms with Crippen LogP contribution in [0.15, 0.2) is 48.7 Å². The van der Waals surface area contributed by atoms with Crippen molar-refractivity contribution in [1.29, 1.82) is 0 Å². The fraction of sp³-hybridized carbons (Fsp3) is 0.214. The number of alkyl halides is 1. The van der Waals surface area contributed by atoms with Gasteiger partial charge in [-0.05, 0) is 29.8 Å². The Kier molecular flexibility index (Phi) is 4.15. The van der Waals surface area contributed by atoms with Gasteiger partial charge in [-0.25, -0.2) is 0 Å². The van der Waals surface area contributed by atoms with Crippen LogP contribution < -0.4 is 4.74 Å². The fourth-order valence-corrected chi connectivity index (χ4v) is 2.27. The molecule has 0 saturated heterocycles. The molecule has 1 unspecified atom stereocenters. The van der Waals surface area contributed by atoms with E-state index < -0.39 is 0 Å². The van der Waals surface area contributed by atoms with Crippen LogP contribution >= 0.6 is 15.9 Å². The van der Waals surface area contributed by atoms with Gasteiger partial charge >= 0.3 is 0 Å². The molecule has 0 fully saturated rings. The zero-order valence-electron chi connectivity index (χ0n) is 9.64. The van der Waals surface area contributed by atoms with E-state index >= 15 is 0 Å². The van der Waals surface area contributed by atoms with Crippen LogP contribution in [0.25, 0.3) is 0 Å². The molecule has 1 aromatic heterocycles. The molecular formula is C14H14BrNO. The van der Waals surface area contributed by atoms with Crippen LogP contribution in [-0.4, -0.2) is 12.1 Å². The second kappa shape index (κ2) is 5.82. The molecule has 0 aliphatic rings. The van der Waals surface area contributed by atoms with E-state index in [0.29, 0.717) is 0 Å². The van der Waals surface area contributed by atoms with Crippen molar-refractivity contribution >= 4 is 15.9 Å². The van der Waals surface area contributed by atoms with Gasteiger partial charge in [0.1, 0.15) is 5.75 Å². The Bertz CT molecular complexity index is 473. The van der Waals surface area contributed by atoms with Crippen molar-refractivity contribution in [3.63, 3.8) is 0 Å². The minimum Gasteiger partial charge on any atom is -0.497 e. The maximum absolute atomic E-state index is 5.22. The lowest BCUT2D eigenvalue weighted by molar-refractivity contribution is 0.414. The lowest BCUT2D eigenvalue weighted by atomic mass is 10.1. The second-order valence-electron chi connectivity index (χ2n) is 3.77. The summed E-state index contributed by atoms with van der Waals surface area (Å²) in [4.78, 5) is 4.58. The molecule has 0 bridgehead atoms. The Labute approximate surface area is 110 Å². The Balaban J connectivity index is 2.11. The number of methoxy groups -OCH3 is 1. The molecule has 2 rings (SSSR count). The zero-order chi connectivity index (χ0) is 12.1. The molecule has 1 atom stereocenters. The number of rotatable bonds is 4. The Morgan fingerprint density at radius 3 is 2.82 bits per heavy atom. The third-order valence-corrected chi connectivity index (χ3v) is 3.42. The summed E-state index contributed by atoms with van der Waals surface area (Å²) in [5.74, 6) is 0.882. The van der Waals surface area contributed by atoms with Crippen molar-refractivity contribution in [1.82, 2.24) is 4.98 Å². The van der Waals surface area contributed by atoms with Crippen molar-refractivity contribution in [3.8, 4) is 5.75 Å². The van der Waals surface area contributed by atoms with Gasteiger partial charge in [0.05, 0.1) is 7.11 Å². The molecule has 0 saturated carbocycles. The molecule has 17 heavy (non-hydrogen) atoms. The first-order chi connectivity index (χ1) is 8.29. The standard InChI is InChI=1S/C14H14BrNO/c1-17-13-7-4-5-11(9-13)14(15)10-12-6-2-3-8-16-12/h2-9,14H,10H2,1H3. The summed E-state index contributed by atoms with van der Waals surface area (Å²) in [6.45, 7) is 0. The van der Waals surface area contributed by atoms with Gasteiger partial charge in [-0.1, -0.05) is 34.1 Å². The first kappa shape index (κ1) is 12.1. The Morgan fingerprint density at radius 1 is 1.24 bits per heavy atom. The maximum atomic E-state index is 5.22. The smallest absolute Gasteiger partial charge is 0.119 e. The summed E-state index contributed by atoms with van der Waals surface area (Å²) in [6, 6.07) is 14.1. The number of aromatic nitrogens is 1. The van der Waals surface area contributed by atoms with Crippen LogP contribution in [0.5, 0.6) is 5.75 Å². The van der Waals surface area contributed by atoms with Crippen LogP contribution in [0.2, 0.25) is 0 Å². The van der Waals surface area contributed by atoms with E-state index in [9.17, 15) is 0 Å². The van der Waals surface area contributed by atoms with E-state index in [4.69, 9.17) is 4.74 Å². The molecule has 0 radical (unpaired) electrons. The van der Waals surface area contributed by atoms with Gasteiger partial charge < -0.3 is 4.74 Å². The zero-order valence-corrected chi connectivity index (χ0v) is 11.2. The Hall–Kier alpha value is -1.35. The SMILES string of the molecule is COc1cccc(C(Br)Cc2ccccn2)c1. The quantitative estimate of drug-likeness (QED) is 0.800. The van der Waals surface area contributed by atoms with Crippen LogP contribution in [0.1, 0.15) is 16.1 Å². The summed E-state index contributed by atoms with van der Waals surface area (Å²) < 4.78 is 5.22. The van der Waals surface area contributed by atoms with Gasteiger partial charge in [0.15, 0.2) is 0 Å². The largest absolute Gasteiger partial charge is 0.497 e. The fourth-order valence-electron chi connectivity index (χ4n) is 1.66. The first-order valence-electron chi connectivity index (χ1n) is 5.47. The monoisotopic (exact) mass is 291 g/mol. The van der Waals surface area contributed by atoms with E-state index in [1.165, 1.54) is 5.56 Å². The van der Waals surface area contributed by atoms with Gasteiger partial charge in [0.25, 0.3) is 0 Å². The van der Waals surface area contributed by atoms with E-state index in [-0.39, 0.29) is 4.83 Å². The lowest BCUT2D eigenvalue weighted by Crippen LogP contribution is -1.97. The van der Waals surface area contributed by atoms with Crippen molar-refractivity contribution < 1.29 is 4.74 Å². The molecule has 0 aliphatic heterocycles. The van der Waals surface area contributed by atoms with Crippen LogP contribution in [-0.2, 0) is 6.42 Å². The number of ether oxygens (including phenoxy) is 1. The molecule has 0 spiro atoms. The second-order valence-corrected chi connectivity index (χ2v) is 4.87. The predicted molar refractivity (Wildman–Crippen MR) is 72.6 cm³/mol. The van der Waals surface area contributed by atoms with Gasteiger partial charge in [0.2, 0.25) is 0 Å². The molecule has 0 N–H and O–H groups in total. The minimum atomic E-state index is 0.257. The van der Waals surface area contributed by atoms with Gasteiger partial charge in [-0.15, -0.1) is 0 Å². The number of hydrogen-bond acceptors (Lipinski definition) is 2. The molecular weight excluding hydrogens is 278 g/mol. The van der Waals surface area contributed by atoms with Crippen molar-refractivity contribution in [2.75, 3.05) is 7.11 Å². The summed E-state index contributed by atoms with van der Waals surface area (Å²) in [5.41, 5.74) is 2.28. The highest BCUT2D eigenvalue weighted by Crippen LogP contribution is 2.28. The predicted octanol–water partition coefficient (Wildman–Crippen LogP) is 3.77. The van der Waals surface area contributed by atoms with Crippen molar-refractivity contribution in [2.45, 2.75) is 11.2 Å². The van der Waals surface area contributed by atoms with Crippen molar-refractivity contribution in [3.05, 3.63) is 59.9 Å². The Morgan fingerprint density at radius 2 is 2.12 bits per heavy atom. The van der Waals surface area contributed by atoms with Crippen LogP contribution in [0.4, 0.5) is 0 Å². The normalized spacial score (nSPS) is 12.1. The van der Waals surface area contributed by atoms with Gasteiger partial charge in [-0.3, -0.25) is 4.98 Å². The van der Waals surface area contributed by atoms with E-state index in [2.05, 4.69) is 27.0 Å². The number of benzene rings is 1. The van der Waals surface area contributed by atoms with Gasteiger partial charge in [-0.2, -0.15) is 0 Å². The van der Waals surface area contributed by atoms with Crippen LogP contribution in [0.3, 0.4) is 0 Å². The lowest BCUT2D eigenvalue weighted by Gasteiger charge is -2.10. The van der Waals surface area contributed by atoms with Crippen LogP contribution in [0, 0.1) is 0 Å². The minimum absolute atomic E-state index is 0.257. The summed E-state index contributed by atoms with van der Waals surface area (Å²) >= 11 is 3.69. The van der Waals surface area contributed by atoms with E-state index in [0.717, 1.165) is 17.9 Å². The highest BCUT2D eigenvalue weighted by Gasteiger charge is 2.09. The molecule has 0 aliphatic carbocycles. The summed E-state index contributed by atoms with van der Waals surface area (Å²) in [5, 5.41) is 0.